The van der Waals surface area contributed by atoms with Crippen LogP contribution in [0.3, 0.4) is 0 Å². The summed E-state index contributed by atoms with van der Waals surface area (Å²) in [7, 11) is 0. The molecular weight excluding hydrogens is 356 g/mol. The van der Waals surface area contributed by atoms with Gasteiger partial charge in [-0.1, -0.05) is 88.1 Å². The maximum Gasteiger partial charge on any atom is 0.232 e. The first-order valence-electron chi connectivity index (χ1n) is 10.9. The predicted molar refractivity (Wildman–Crippen MR) is 120 cm³/mol. The molecular formula is C26H32N2O. The fraction of sp³-hybridized carbons (Fsp3) is 0.385. The second kappa shape index (κ2) is 11.4. The van der Waals surface area contributed by atoms with Crippen molar-refractivity contribution >= 4 is 0 Å². The third-order valence-electron chi connectivity index (χ3n) is 5.26. The molecule has 0 amide bonds. The first-order chi connectivity index (χ1) is 14.3. The lowest BCUT2D eigenvalue weighted by molar-refractivity contribution is 0.292. The van der Waals surface area contributed by atoms with Gasteiger partial charge in [0, 0.05) is 5.56 Å². The number of unbranched alkanes of at least 4 members (excludes halogenated alkanes) is 4. The number of aromatic nitrogens is 2. The van der Waals surface area contributed by atoms with Crippen LogP contribution in [-0.4, -0.2) is 9.97 Å². The summed E-state index contributed by atoms with van der Waals surface area (Å²) in [5.74, 6) is 0.553. The average molecular weight is 389 g/mol. The highest BCUT2D eigenvalue weighted by Gasteiger charge is 2.03. The summed E-state index contributed by atoms with van der Waals surface area (Å²) in [6.07, 6.45) is 12.3. The maximum atomic E-state index is 5.77. The van der Waals surface area contributed by atoms with Crippen LogP contribution in [0.25, 0.3) is 11.3 Å². The maximum absolute atomic E-state index is 5.77. The molecule has 3 aromatic rings. The molecule has 0 aliphatic rings. The van der Waals surface area contributed by atoms with Gasteiger partial charge in [0.2, 0.25) is 5.88 Å². The van der Waals surface area contributed by atoms with Gasteiger partial charge in [0.1, 0.15) is 6.61 Å². The fourth-order valence-electron chi connectivity index (χ4n) is 3.34. The molecule has 0 fully saturated rings. The van der Waals surface area contributed by atoms with Crippen molar-refractivity contribution in [1.29, 1.82) is 0 Å². The van der Waals surface area contributed by atoms with E-state index in [-0.39, 0.29) is 0 Å². The van der Waals surface area contributed by atoms with Crippen LogP contribution in [0.5, 0.6) is 5.88 Å². The normalized spacial score (nSPS) is 10.8. The molecule has 0 N–H and O–H groups in total. The molecule has 0 radical (unpaired) electrons. The topological polar surface area (TPSA) is 35.0 Å². The number of nitrogens with zero attached hydrogens (tertiary/aromatic N) is 2. The summed E-state index contributed by atoms with van der Waals surface area (Å²) in [5.41, 5.74) is 5.83. The van der Waals surface area contributed by atoms with Crippen molar-refractivity contribution in [3.63, 3.8) is 0 Å². The van der Waals surface area contributed by atoms with E-state index in [2.05, 4.69) is 72.3 Å². The third kappa shape index (κ3) is 6.70. The number of benzene rings is 2. The largest absolute Gasteiger partial charge is 0.472 e. The molecule has 1 heterocycles. The van der Waals surface area contributed by atoms with Crippen LogP contribution < -0.4 is 4.74 Å². The molecule has 2 aromatic carbocycles. The van der Waals surface area contributed by atoms with E-state index in [1.165, 1.54) is 43.2 Å². The highest BCUT2D eigenvalue weighted by atomic mass is 16.5. The fourth-order valence-corrected chi connectivity index (χ4v) is 3.34. The van der Waals surface area contributed by atoms with E-state index in [4.69, 9.17) is 4.74 Å². The Balaban J connectivity index is 1.50. The zero-order valence-electron chi connectivity index (χ0n) is 17.7. The van der Waals surface area contributed by atoms with Gasteiger partial charge in [0.15, 0.2) is 0 Å². The van der Waals surface area contributed by atoms with E-state index < -0.39 is 0 Å². The standard InChI is InChI=1S/C26H32N2O/c1-3-5-6-7-8-9-22-14-16-24(17-15-22)25-18-28-26(19-27-25)29-20-23-12-10-21(4-2)11-13-23/h10-19H,3-9,20H2,1-2H3. The highest BCUT2D eigenvalue weighted by molar-refractivity contribution is 5.58. The molecule has 0 bridgehead atoms. The number of ether oxygens (including phenoxy) is 1. The van der Waals surface area contributed by atoms with E-state index in [0.29, 0.717) is 12.5 Å². The Morgan fingerprint density at radius 3 is 2.03 bits per heavy atom. The van der Waals surface area contributed by atoms with E-state index >= 15 is 0 Å². The summed E-state index contributed by atoms with van der Waals surface area (Å²) in [4.78, 5) is 8.95. The lowest BCUT2D eigenvalue weighted by atomic mass is 10.0. The first kappa shape index (κ1) is 21.0. The molecule has 152 valence electrons. The molecule has 3 nitrogen and oxygen atoms in total. The Hall–Kier alpha value is -2.68. The predicted octanol–water partition coefficient (Wildman–Crippen LogP) is 6.80. The van der Waals surface area contributed by atoms with Crippen LogP contribution in [0.15, 0.2) is 60.9 Å². The zero-order chi connectivity index (χ0) is 20.3. The number of rotatable bonds is 11. The van der Waals surface area contributed by atoms with Crippen LogP contribution in [-0.2, 0) is 19.4 Å². The lowest BCUT2D eigenvalue weighted by Crippen LogP contribution is -1.98. The van der Waals surface area contributed by atoms with E-state index in [9.17, 15) is 0 Å². The molecule has 0 unspecified atom stereocenters. The summed E-state index contributed by atoms with van der Waals surface area (Å²) < 4.78 is 5.77. The van der Waals surface area contributed by atoms with Gasteiger partial charge < -0.3 is 4.74 Å². The van der Waals surface area contributed by atoms with Gasteiger partial charge in [-0.3, -0.25) is 0 Å². The van der Waals surface area contributed by atoms with Gasteiger partial charge in [-0.05, 0) is 36.0 Å². The zero-order valence-corrected chi connectivity index (χ0v) is 17.7. The molecule has 29 heavy (non-hydrogen) atoms. The van der Waals surface area contributed by atoms with Gasteiger partial charge in [0.25, 0.3) is 0 Å². The number of aryl methyl sites for hydroxylation is 2. The molecule has 0 saturated carbocycles. The van der Waals surface area contributed by atoms with Crippen LogP contribution in [0, 0.1) is 0 Å². The van der Waals surface area contributed by atoms with Crippen LogP contribution in [0.1, 0.15) is 62.6 Å². The minimum Gasteiger partial charge on any atom is -0.472 e. The molecule has 3 rings (SSSR count). The van der Waals surface area contributed by atoms with Crippen LogP contribution >= 0.6 is 0 Å². The number of hydrogen-bond acceptors (Lipinski definition) is 3. The van der Waals surface area contributed by atoms with Crippen molar-refractivity contribution in [3.8, 4) is 17.1 Å². The summed E-state index contributed by atoms with van der Waals surface area (Å²) in [5, 5.41) is 0. The quantitative estimate of drug-likeness (QED) is 0.339. The van der Waals surface area contributed by atoms with Crippen molar-refractivity contribution in [3.05, 3.63) is 77.6 Å². The van der Waals surface area contributed by atoms with Crippen LogP contribution in [0.4, 0.5) is 0 Å². The molecule has 3 heteroatoms. The summed E-state index contributed by atoms with van der Waals surface area (Å²) >= 11 is 0. The molecule has 1 aromatic heterocycles. The summed E-state index contributed by atoms with van der Waals surface area (Å²) in [6, 6.07) is 17.2. The monoisotopic (exact) mass is 388 g/mol. The van der Waals surface area contributed by atoms with Gasteiger partial charge in [-0.2, -0.15) is 0 Å². The average Bonchev–Trinajstić information content (AvgIpc) is 2.79. The van der Waals surface area contributed by atoms with Gasteiger partial charge in [-0.25, -0.2) is 9.97 Å². The Labute approximate surface area is 175 Å². The van der Waals surface area contributed by atoms with Gasteiger partial charge in [0.05, 0.1) is 18.1 Å². The first-order valence-corrected chi connectivity index (χ1v) is 10.9. The molecule has 0 aliphatic carbocycles. The molecule has 0 saturated heterocycles. The Morgan fingerprint density at radius 2 is 1.38 bits per heavy atom. The molecule has 0 spiro atoms. The van der Waals surface area contributed by atoms with Crippen molar-refractivity contribution in [2.24, 2.45) is 0 Å². The lowest BCUT2D eigenvalue weighted by Gasteiger charge is -2.07. The van der Waals surface area contributed by atoms with Crippen molar-refractivity contribution < 1.29 is 4.74 Å². The second-order valence-electron chi connectivity index (χ2n) is 7.56. The Kier molecular flexibility index (Phi) is 8.24. The van der Waals surface area contributed by atoms with Gasteiger partial charge in [-0.15, -0.1) is 0 Å². The molecule has 0 aliphatic heterocycles. The second-order valence-corrected chi connectivity index (χ2v) is 7.56. The minimum atomic E-state index is 0.505. The minimum absolute atomic E-state index is 0.505. The van der Waals surface area contributed by atoms with E-state index in [0.717, 1.165) is 29.7 Å². The van der Waals surface area contributed by atoms with Crippen molar-refractivity contribution in [1.82, 2.24) is 9.97 Å². The van der Waals surface area contributed by atoms with Gasteiger partial charge >= 0.3 is 0 Å². The van der Waals surface area contributed by atoms with Crippen molar-refractivity contribution in [2.45, 2.75) is 65.4 Å². The van der Waals surface area contributed by atoms with E-state index in [1.54, 1.807) is 12.4 Å². The van der Waals surface area contributed by atoms with E-state index in [1.807, 2.05) is 0 Å². The smallest absolute Gasteiger partial charge is 0.232 e. The molecule has 0 atom stereocenters. The van der Waals surface area contributed by atoms with Crippen molar-refractivity contribution in [2.75, 3.05) is 0 Å². The third-order valence-corrected chi connectivity index (χ3v) is 5.26. The SMILES string of the molecule is CCCCCCCc1ccc(-c2cnc(OCc3ccc(CC)cc3)cn2)cc1. The van der Waals surface area contributed by atoms with Crippen LogP contribution in [0.2, 0.25) is 0 Å². The highest BCUT2D eigenvalue weighted by Crippen LogP contribution is 2.20. The number of hydrogen-bond donors (Lipinski definition) is 0. The Morgan fingerprint density at radius 1 is 0.690 bits per heavy atom. The summed E-state index contributed by atoms with van der Waals surface area (Å²) in [6.45, 7) is 4.92. The Bertz CT molecular complexity index is 839.